The molecule has 3 rings (SSSR count). The number of hydrogen-bond acceptors (Lipinski definition) is 4. The number of benzene rings is 2. The molecule has 0 saturated heterocycles. The van der Waals surface area contributed by atoms with E-state index in [4.69, 9.17) is 5.73 Å². The van der Waals surface area contributed by atoms with Crippen molar-refractivity contribution >= 4 is 11.3 Å². The van der Waals surface area contributed by atoms with Crippen LogP contribution < -0.4 is 11.1 Å². The molecule has 2 aromatic carbocycles. The molecule has 24 heavy (non-hydrogen) atoms. The van der Waals surface area contributed by atoms with Crippen LogP contribution in [-0.4, -0.2) is 4.98 Å². The number of rotatable bonds is 6. The zero-order chi connectivity index (χ0) is 16.8. The van der Waals surface area contributed by atoms with Crippen molar-refractivity contribution in [3.8, 4) is 0 Å². The topological polar surface area (TPSA) is 50.9 Å². The maximum atomic E-state index is 6.21. The van der Waals surface area contributed by atoms with Crippen LogP contribution in [0.3, 0.4) is 0 Å². The predicted octanol–water partition coefficient (Wildman–Crippen LogP) is 4.17. The normalized spacial score (nSPS) is 12.8. The lowest BCUT2D eigenvalue weighted by atomic mass is 10.0. The van der Waals surface area contributed by atoms with Crippen LogP contribution in [0.1, 0.15) is 27.7 Å². The van der Waals surface area contributed by atoms with Crippen molar-refractivity contribution in [2.75, 3.05) is 0 Å². The summed E-state index contributed by atoms with van der Waals surface area (Å²) in [5, 5.41) is 3.48. The number of aromatic nitrogens is 1. The van der Waals surface area contributed by atoms with E-state index in [1.165, 1.54) is 16.0 Å². The van der Waals surface area contributed by atoms with E-state index in [1.807, 2.05) is 42.9 Å². The summed E-state index contributed by atoms with van der Waals surface area (Å²) in [5.74, 6) is 0. The van der Waals surface area contributed by atoms with E-state index in [9.17, 15) is 0 Å². The second-order valence-electron chi connectivity index (χ2n) is 5.69. The lowest BCUT2D eigenvalue weighted by Gasteiger charge is -2.18. The Kier molecular flexibility index (Phi) is 5.29. The number of thiazole rings is 1. The van der Waals surface area contributed by atoms with Crippen molar-refractivity contribution in [1.29, 1.82) is 0 Å². The third kappa shape index (κ3) is 4.03. The second kappa shape index (κ2) is 7.79. The van der Waals surface area contributed by atoms with Crippen LogP contribution in [0.25, 0.3) is 0 Å². The van der Waals surface area contributed by atoms with E-state index in [1.54, 1.807) is 11.3 Å². The Morgan fingerprint density at radius 1 is 1.12 bits per heavy atom. The van der Waals surface area contributed by atoms with Gasteiger partial charge in [0.25, 0.3) is 0 Å². The first-order valence-electron chi connectivity index (χ1n) is 7.93. The molecule has 3 aromatic rings. The van der Waals surface area contributed by atoms with Gasteiger partial charge < -0.3 is 11.1 Å². The number of nitrogens with zero attached hydrogens (tertiary/aromatic N) is 1. The molecule has 1 unspecified atom stereocenters. The van der Waals surface area contributed by atoms with Crippen molar-refractivity contribution in [3.63, 3.8) is 0 Å². The lowest BCUT2D eigenvalue weighted by molar-refractivity contribution is 0.726. The monoisotopic (exact) mass is 335 g/mol. The SMILES string of the molecule is Cc1ncsc1C(N/C=C(\N)Cc1ccccc1)c1ccccc1. The van der Waals surface area contributed by atoms with Gasteiger partial charge in [-0.2, -0.15) is 0 Å². The Morgan fingerprint density at radius 2 is 1.79 bits per heavy atom. The van der Waals surface area contributed by atoms with Crippen LogP contribution in [0.2, 0.25) is 0 Å². The van der Waals surface area contributed by atoms with Crippen molar-refractivity contribution < 1.29 is 0 Å². The van der Waals surface area contributed by atoms with Gasteiger partial charge in [-0.25, -0.2) is 4.98 Å². The summed E-state index contributed by atoms with van der Waals surface area (Å²) in [6.45, 7) is 2.04. The Balaban J connectivity index is 1.80. The molecule has 1 atom stereocenters. The first kappa shape index (κ1) is 16.3. The summed E-state index contributed by atoms with van der Waals surface area (Å²) in [4.78, 5) is 5.60. The molecule has 1 aromatic heterocycles. The Labute approximate surface area is 146 Å². The van der Waals surface area contributed by atoms with Gasteiger partial charge in [0, 0.05) is 18.3 Å². The van der Waals surface area contributed by atoms with Gasteiger partial charge >= 0.3 is 0 Å². The Morgan fingerprint density at radius 3 is 2.42 bits per heavy atom. The van der Waals surface area contributed by atoms with E-state index >= 15 is 0 Å². The van der Waals surface area contributed by atoms with Gasteiger partial charge in [0.05, 0.1) is 22.1 Å². The minimum Gasteiger partial charge on any atom is -0.401 e. The zero-order valence-corrected chi connectivity index (χ0v) is 14.5. The van der Waals surface area contributed by atoms with Crippen LogP contribution in [0.5, 0.6) is 0 Å². The first-order valence-corrected chi connectivity index (χ1v) is 8.81. The van der Waals surface area contributed by atoms with E-state index in [-0.39, 0.29) is 6.04 Å². The van der Waals surface area contributed by atoms with E-state index in [2.05, 4.69) is 46.7 Å². The van der Waals surface area contributed by atoms with Gasteiger partial charge in [0.1, 0.15) is 0 Å². The highest BCUT2D eigenvalue weighted by atomic mass is 32.1. The standard InChI is InChI=1S/C20H21N3S/c1-15-20(24-14-23-15)19(17-10-6-3-7-11-17)22-13-18(21)12-16-8-4-2-5-9-16/h2-11,13-14,19,22H,12,21H2,1H3/b18-13-. The average Bonchev–Trinajstić information content (AvgIpc) is 3.03. The van der Waals surface area contributed by atoms with Crippen molar-refractivity contribution in [2.24, 2.45) is 5.73 Å². The van der Waals surface area contributed by atoms with Gasteiger partial charge in [-0.05, 0) is 18.1 Å². The minimum atomic E-state index is 0.0630. The molecule has 0 aliphatic rings. The van der Waals surface area contributed by atoms with Crippen LogP contribution in [0, 0.1) is 6.92 Å². The van der Waals surface area contributed by atoms with Crippen molar-refractivity contribution in [1.82, 2.24) is 10.3 Å². The molecule has 0 saturated carbocycles. The maximum absolute atomic E-state index is 6.21. The molecule has 0 radical (unpaired) electrons. The zero-order valence-electron chi connectivity index (χ0n) is 13.6. The molecule has 3 N–H and O–H groups in total. The fraction of sp³-hybridized carbons (Fsp3) is 0.150. The number of aryl methyl sites for hydroxylation is 1. The predicted molar refractivity (Wildman–Crippen MR) is 101 cm³/mol. The molecule has 122 valence electrons. The number of allylic oxidation sites excluding steroid dienone is 1. The van der Waals surface area contributed by atoms with Crippen LogP contribution in [0.4, 0.5) is 0 Å². The smallest absolute Gasteiger partial charge is 0.0875 e. The summed E-state index contributed by atoms with van der Waals surface area (Å²) in [5.41, 5.74) is 12.4. The summed E-state index contributed by atoms with van der Waals surface area (Å²) < 4.78 is 0. The van der Waals surface area contributed by atoms with Crippen LogP contribution in [-0.2, 0) is 6.42 Å². The third-order valence-electron chi connectivity index (χ3n) is 3.86. The molecular weight excluding hydrogens is 314 g/mol. The molecule has 0 fully saturated rings. The summed E-state index contributed by atoms with van der Waals surface area (Å²) in [7, 11) is 0. The highest BCUT2D eigenvalue weighted by molar-refractivity contribution is 7.09. The summed E-state index contributed by atoms with van der Waals surface area (Å²) in [6, 6.07) is 20.7. The first-order chi connectivity index (χ1) is 11.7. The molecule has 0 spiro atoms. The Hall–Kier alpha value is -2.59. The quantitative estimate of drug-likeness (QED) is 0.711. The van der Waals surface area contributed by atoms with Crippen LogP contribution in [0.15, 0.2) is 78.1 Å². The second-order valence-corrected chi connectivity index (χ2v) is 6.58. The van der Waals surface area contributed by atoms with Gasteiger partial charge in [-0.1, -0.05) is 60.7 Å². The molecule has 0 amide bonds. The van der Waals surface area contributed by atoms with E-state index < -0.39 is 0 Å². The van der Waals surface area contributed by atoms with Crippen molar-refractivity contribution in [3.05, 3.63) is 99.8 Å². The van der Waals surface area contributed by atoms with Gasteiger partial charge in [-0.15, -0.1) is 11.3 Å². The van der Waals surface area contributed by atoms with Crippen LogP contribution >= 0.6 is 11.3 Å². The molecule has 0 bridgehead atoms. The fourth-order valence-electron chi connectivity index (χ4n) is 2.63. The lowest BCUT2D eigenvalue weighted by Crippen LogP contribution is -2.19. The number of nitrogens with one attached hydrogen (secondary N) is 1. The average molecular weight is 335 g/mol. The molecule has 0 aliphatic heterocycles. The molecule has 4 heteroatoms. The minimum absolute atomic E-state index is 0.0630. The van der Waals surface area contributed by atoms with Crippen molar-refractivity contribution in [2.45, 2.75) is 19.4 Å². The van der Waals surface area contributed by atoms with E-state index in [0.29, 0.717) is 0 Å². The fourth-order valence-corrected chi connectivity index (χ4v) is 3.52. The molecule has 0 aliphatic carbocycles. The molecule has 1 heterocycles. The molecular formula is C20H21N3S. The van der Waals surface area contributed by atoms with Gasteiger partial charge in [-0.3, -0.25) is 0 Å². The third-order valence-corrected chi connectivity index (χ3v) is 4.86. The maximum Gasteiger partial charge on any atom is 0.0875 e. The Bertz CT molecular complexity index is 794. The highest BCUT2D eigenvalue weighted by Crippen LogP contribution is 2.28. The molecule has 3 nitrogen and oxygen atoms in total. The van der Waals surface area contributed by atoms with Gasteiger partial charge in [0.15, 0.2) is 0 Å². The largest absolute Gasteiger partial charge is 0.401 e. The summed E-state index contributed by atoms with van der Waals surface area (Å²) >= 11 is 1.66. The number of hydrogen-bond donors (Lipinski definition) is 2. The van der Waals surface area contributed by atoms with E-state index in [0.717, 1.165) is 17.8 Å². The van der Waals surface area contributed by atoms with Gasteiger partial charge in [0.2, 0.25) is 0 Å². The summed E-state index contributed by atoms with van der Waals surface area (Å²) in [6.07, 6.45) is 2.65. The number of nitrogens with two attached hydrogens (primary N) is 1. The highest BCUT2D eigenvalue weighted by Gasteiger charge is 2.16.